The molecule has 240 valence electrons. The van der Waals surface area contributed by atoms with Gasteiger partial charge in [0.2, 0.25) is 0 Å². The van der Waals surface area contributed by atoms with Crippen molar-refractivity contribution in [3.05, 3.63) is 53.7 Å². The number of fused-ring (bicyclic) bond motifs is 1. The summed E-state index contributed by atoms with van der Waals surface area (Å²) < 4.78 is 53.2. The number of amides is 1. The molecule has 2 N–H and O–H groups in total. The normalized spacial score (nSPS) is 18.7. The predicted octanol–water partition coefficient (Wildman–Crippen LogP) is 5.43. The van der Waals surface area contributed by atoms with E-state index < -0.39 is 12.7 Å². The first kappa shape index (κ1) is 31.1. The number of hydrogen-bond acceptors (Lipinski definition) is 6. The Kier molecular flexibility index (Phi) is 8.89. The number of benzene rings is 2. The Balaban J connectivity index is 1.15. The number of ether oxygens (including phenoxy) is 2. The molecular formula is C34H40F3N5O3. The van der Waals surface area contributed by atoms with E-state index in [0.29, 0.717) is 28.2 Å². The number of rotatable bonds is 7. The average Bonchev–Trinajstić information content (AvgIpc) is 3.35. The Labute approximate surface area is 261 Å². The summed E-state index contributed by atoms with van der Waals surface area (Å²) in [5, 5.41) is 7.48. The van der Waals surface area contributed by atoms with Crippen molar-refractivity contribution in [2.75, 3.05) is 70.7 Å². The molecule has 3 saturated heterocycles. The Morgan fingerprint density at radius 1 is 1.09 bits per heavy atom. The molecule has 0 bridgehead atoms. The van der Waals surface area contributed by atoms with Crippen molar-refractivity contribution in [3.8, 4) is 17.6 Å². The van der Waals surface area contributed by atoms with E-state index >= 15 is 0 Å². The van der Waals surface area contributed by atoms with Crippen LogP contribution in [0.4, 0.5) is 24.5 Å². The van der Waals surface area contributed by atoms with Crippen molar-refractivity contribution in [1.29, 1.82) is 0 Å². The molecule has 0 atom stereocenters. The first-order chi connectivity index (χ1) is 21.6. The summed E-state index contributed by atoms with van der Waals surface area (Å²) in [5.74, 6) is 6.42. The quantitative estimate of drug-likeness (QED) is 0.342. The first-order valence-corrected chi connectivity index (χ1v) is 15.5. The largest absolute Gasteiger partial charge is 0.495 e. The van der Waals surface area contributed by atoms with Gasteiger partial charge in [0.25, 0.3) is 5.91 Å². The number of likely N-dealkylation sites (tertiary alicyclic amines) is 2. The molecule has 3 fully saturated rings. The maximum absolute atomic E-state index is 13.6. The second-order valence-electron chi connectivity index (χ2n) is 12.5. The monoisotopic (exact) mass is 623 g/mol. The lowest BCUT2D eigenvalue weighted by Crippen LogP contribution is -2.60. The van der Waals surface area contributed by atoms with Crippen LogP contribution in [0.5, 0.6) is 5.75 Å². The van der Waals surface area contributed by atoms with E-state index in [1.807, 2.05) is 11.0 Å². The topological polar surface area (TPSA) is 71.0 Å². The van der Waals surface area contributed by atoms with E-state index in [-0.39, 0.29) is 23.9 Å². The third kappa shape index (κ3) is 7.02. The second-order valence-corrected chi connectivity index (χ2v) is 12.5. The Hall–Kier alpha value is -3.88. The van der Waals surface area contributed by atoms with E-state index in [2.05, 4.69) is 34.4 Å². The van der Waals surface area contributed by atoms with Crippen molar-refractivity contribution in [1.82, 2.24) is 14.4 Å². The molecule has 0 unspecified atom stereocenters. The molecule has 6 rings (SSSR count). The molecule has 3 aromatic rings. The maximum atomic E-state index is 13.6. The van der Waals surface area contributed by atoms with Gasteiger partial charge in [-0.2, -0.15) is 13.2 Å². The molecule has 0 radical (unpaired) electrons. The van der Waals surface area contributed by atoms with Crippen LogP contribution in [-0.2, 0) is 11.3 Å². The van der Waals surface area contributed by atoms with Gasteiger partial charge in [-0.05, 0) is 88.1 Å². The van der Waals surface area contributed by atoms with Gasteiger partial charge in [-0.3, -0.25) is 4.79 Å². The van der Waals surface area contributed by atoms with Gasteiger partial charge < -0.3 is 34.5 Å². The minimum Gasteiger partial charge on any atom is -0.495 e. The molecule has 11 heteroatoms. The van der Waals surface area contributed by atoms with Gasteiger partial charge in [0, 0.05) is 54.4 Å². The zero-order valence-corrected chi connectivity index (χ0v) is 25.8. The molecule has 1 aromatic heterocycles. The van der Waals surface area contributed by atoms with E-state index in [1.165, 1.54) is 11.7 Å². The smallest absolute Gasteiger partial charge is 0.406 e. The second kappa shape index (κ2) is 12.9. The van der Waals surface area contributed by atoms with Crippen LogP contribution in [0.1, 0.15) is 41.7 Å². The van der Waals surface area contributed by atoms with Crippen molar-refractivity contribution >= 4 is 28.2 Å². The lowest BCUT2D eigenvalue weighted by Gasteiger charge is -2.52. The molecule has 1 amide bonds. The standard InChI is InChI=1S/C34H40F3N5O3/c1-40-15-10-25(11-16-40)39-28-6-3-7-30-27(28)20-26(42(30)23-34(35,36)37)5-4-14-38-29-9-8-24(19-31(29)44-2)32(43)41-21-33(22-41)12-17-45-18-13-33/h3,6-9,19-20,25,38-39H,10-18,21-23H2,1-2H3. The van der Waals surface area contributed by atoms with E-state index in [4.69, 9.17) is 9.47 Å². The van der Waals surface area contributed by atoms with Gasteiger partial charge in [-0.25, -0.2) is 0 Å². The SMILES string of the molecule is COc1cc(C(=O)N2CC3(CCOCC3)C2)ccc1NCC#Cc1cc2c(NC3CCN(C)CC3)cccc2n1CC(F)(F)F. The number of methoxy groups -OCH3 is 1. The average molecular weight is 624 g/mol. The van der Waals surface area contributed by atoms with Crippen LogP contribution >= 0.6 is 0 Å². The van der Waals surface area contributed by atoms with Crippen LogP contribution in [0.15, 0.2) is 42.5 Å². The van der Waals surface area contributed by atoms with Crippen LogP contribution in [0.3, 0.4) is 0 Å². The maximum Gasteiger partial charge on any atom is 0.406 e. The fourth-order valence-corrected chi connectivity index (χ4v) is 6.69. The summed E-state index contributed by atoms with van der Waals surface area (Å²) in [4.78, 5) is 17.3. The van der Waals surface area contributed by atoms with Gasteiger partial charge in [0.1, 0.15) is 12.3 Å². The third-order valence-corrected chi connectivity index (χ3v) is 9.29. The highest BCUT2D eigenvalue weighted by molar-refractivity contribution is 5.96. The summed E-state index contributed by atoms with van der Waals surface area (Å²) >= 11 is 0. The molecule has 2 aromatic carbocycles. The van der Waals surface area contributed by atoms with E-state index in [0.717, 1.165) is 76.1 Å². The van der Waals surface area contributed by atoms with Gasteiger partial charge in [-0.15, -0.1) is 0 Å². The van der Waals surface area contributed by atoms with E-state index in [9.17, 15) is 18.0 Å². The molecule has 3 aliphatic rings. The molecule has 45 heavy (non-hydrogen) atoms. The number of alkyl halides is 3. The minimum atomic E-state index is -4.40. The molecule has 8 nitrogen and oxygen atoms in total. The highest BCUT2D eigenvalue weighted by Crippen LogP contribution is 2.41. The molecular weight excluding hydrogens is 583 g/mol. The van der Waals surface area contributed by atoms with Gasteiger partial charge >= 0.3 is 6.18 Å². The number of carbonyl (C=O) groups is 1. The molecule has 0 saturated carbocycles. The van der Waals surface area contributed by atoms with E-state index in [1.54, 1.807) is 36.4 Å². The fourth-order valence-electron chi connectivity index (χ4n) is 6.69. The summed E-state index contributed by atoms with van der Waals surface area (Å²) in [6.45, 7) is 4.00. The summed E-state index contributed by atoms with van der Waals surface area (Å²) in [5.41, 5.74) is 3.00. The Bertz CT molecular complexity index is 1590. The number of nitrogens with one attached hydrogen (secondary N) is 2. The molecule has 1 spiro atoms. The number of carbonyl (C=O) groups excluding carboxylic acids is 1. The molecule has 4 heterocycles. The van der Waals surface area contributed by atoms with Crippen molar-refractivity contribution in [2.24, 2.45) is 5.41 Å². The number of aromatic nitrogens is 1. The van der Waals surface area contributed by atoms with Crippen molar-refractivity contribution < 1.29 is 27.4 Å². The summed E-state index contributed by atoms with van der Waals surface area (Å²) in [6.07, 6.45) is -0.481. The summed E-state index contributed by atoms with van der Waals surface area (Å²) in [6, 6.07) is 12.7. The number of anilines is 2. The summed E-state index contributed by atoms with van der Waals surface area (Å²) in [7, 11) is 3.63. The lowest BCUT2D eigenvalue weighted by atomic mass is 9.73. The van der Waals surface area contributed by atoms with Crippen molar-refractivity contribution in [2.45, 2.75) is 44.4 Å². The van der Waals surface area contributed by atoms with Crippen LogP contribution in [-0.4, -0.2) is 92.6 Å². The first-order valence-electron chi connectivity index (χ1n) is 15.5. The number of hydrogen-bond donors (Lipinski definition) is 2. The highest BCUT2D eigenvalue weighted by Gasteiger charge is 2.46. The fraction of sp³-hybridized carbons (Fsp3) is 0.500. The minimum absolute atomic E-state index is 0.0288. The lowest BCUT2D eigenvalue weighted by molar-refractivity contribution is -0.140. The zero-order valence-electron chi connectivity index (χ0n) is 25.8. The third-order valence-electron chi connectivity index (χ3n) is 9.29. The predicted molar refractivity (Wildman–Crippen MR) is 169 cm³/mol. The highest BCUT2D eigenvalue weighted by atomic mass is 19.4. The number of halogens is 3. The van der Waals surface area contributed by atoms with Gasteiger partial charge in [-0.1, -0.05) is 12.0 Å². The van der Waals surface area contributed by atoms with Crippen LogP contribution in [0, 0.1) is 17.3 Å². The van der Waals surface area contributed by atoms with Gasteiger partial charge in [0.15, 0.2) is 0 Å². The number of nitrogens with zero attached hydrogens (tertiary/aromatic N) is 3. The van der Waals surface area contributed by atoms with Gasteiger partial charge in [0.05, 0.1) is 30.6 Å². The van der Waals surface area contributed by atoms with Crippen LogP contribution in [0.2, 0.25) is 0 Å². The van der Waals surface area contributed by atoms with Crippen LogP contribution in [0.25, 0.3) is 10.9 Å². The van der Waals surface area contributed by atoms with Crippen molar-refractivity contribution in [3.63, 3.8) is 0 Å². The number of piperidine rings is 1. The zero-order chi connectivity index (χ0) is 31.6. The Morgan fingerprint density at radius 3 is 2.56 bits per heavy atom. The Morgan fingerprint density at radius 2 is 1.84 bits per heavy atom. The molecule has 0 aliphatic carbocycles. The molecule has 3 aliphatic heterocycles. The van der Waals surface area contributed by atoms with Crippen LogP contribution < -0.4 is 15.4 Å².